The molecule has 0 radical (unpaired) electrons. The van der Waals surface area contributed by atoms with E-state index in [0.717, 1.165) is 0 Å². The maximum atomic E-state index is 13.4. The van der Waals surface area contributed by atoms with Crippen molar-refractivity contribution in [3.63, 3.8) is 0 Å². The van der Waals surface area contributed by atoms with E-state index in [1.807, 2.05) is 0 Å². The van der Waals surface area contributed by atoms with Crippen LogP contribution in [0.25, 0.3) is 0 Å². The van der Waals surface area contributed by atoms with Gasteiger partial charge in [-0.3, -0.25) is 0 Å². The standard InChI is InChI=1S/C12H8F16O2/c13-5(14)7(17,18)9(21,22)11(25,26)12(27,28)10(23,24)8(19,20)6(15,16)3-29-1-4-2-30-4/h4-5H,1-3H2. The van der Waals surface area contributed by atoms with Crippen molar-refractivity contribution in [2.24, 2.45) is 0 Å². The average molecular weight is 488 g/mol. The fourth-order valence-corrected chi connectivity index (χ4v) is 1.74. The van der Waals surface area contributed by atoms with Gasteiger partial charge < -0.3 is 9.47 Å². The highest BCUT2D eigenvalue weighted by Crippen LogP contribution is 2.62. The molecule has 1 saturated heterocycles. The van der Waals surface area contributed by atoms with Crippen LogP contribution in [-0.4, -0.2) is 73.8 Å². The molecule has 0 saturated carbocycles. The molecular formula is C12H8F16O2. The third-order valence-corrected chi connectivity index (χ3v) is 3.72. The molecule has 1 aliphatic rings. The first kappa shape index (κ1) is 26.8. The van der Waals surface area contributed by atoms with Crippen LogP contribution in [0.2, 0.25) is 0 Å². The van der Waals surface area contributed by atoms with Crippen LogP contribution in [0.5, 0.6) is 0 Å². The zero-order valence-corrected chi connectivity index (χ0v) is 13.6. The summed E-state index contributed by atoms with van der Waals surface area (Å²) in [6.45, 7) is -3.96. The van der Waals surface area contributed by atoms with Gasteiger partial charge in [0.25, 0.3) is 0 Å². The first-order chi connectivity index (χ1) is 13.0. The van der Waals surface area contributed by atoms with Crippen LogP contribution in [0.15, 0.2) is 0 Å². The first-order valence-electron chi connectivity index (χ1n) is 7.14. The van der Waals surface area contributed by atoms with Gasteiger partial charge in [-0.2, -0.15) is 61.5 Å². The average Bonchev–Trinajstić information content (AvgIpc) is 3.37. The normalized spacial score (nSPS) is 20.1. The molecule has 2 nitrogen and oxygen atoms in total. The minimum Gasteiger partial charge on any atom is -0.372 e. The van der Waals surface area contributed by atoms with Crippen molar-refractivity contribution in [2.45, 2.75) is 54.0 Å². The maximum absolute atomic E-state index is 13.4. The van der Waals surface area contributed by atoms with E-state index in [4.69, 9.17) is 0 Å². The van der Waals surface area contributed by atoms with Gasteiger partial charge in [0.15, 0.2) is 0 Å². The maximum Gasteiger partial charge on any atom is 0.384 e. The highest BCUT2D eigenvalue weighted by atomic mass is 19.4. The van der Waals surface area contributed by atoms with E-state index in [1.54, 1.807) is 0 Å². The molecule has 0 aromatic rings. The van der Waals surface area contributed by atoms with Crippen molar-refractivity contribution in [3.05, 3.63) is 0 Å². The van der Waals surface area contributed by atoms with E-state index < -0.39 is 67.2 Å². The summed E-state index contributed by atoms with van der Waals surface area (Å²) in [5, 5.41) is 0. The number of alkyl halides is 16. The number of hydrogen-bond donors (Lipinski definition) is 0. The molecule has 1 fully saturated rings. The number of halogens is 16. The Kier molecular flexibility index (Phi) is 6.66. The Labute approximate surface area is 155 Å². The van der Waals surface area contributed by atoms with Gasteiger partial charge in [0.1, 0.15) is 12.7 Å². The molecule has 0 spiro atoms. The Bertz CT molecular complexity index is 611. The van der Waals surface area contributed by atoms with E-state index in [9.17, 15) is 70.2 Å². The van der Waals surface area contributed by atoms with Crippen molar-refractivity contribution < 1.29 is 79.7 Å². The highest BCUT2D eigenvalue weighted by molar-refractivity contribution is 5.14. The molecule has 180 valence electrons. The summed E-state index contributed by atoms with van der Waals surface area (Å²) in [6, 6.07) is 0. The Balaban J connectivity index is 3.34. The zero-order valence-electron chi connectivity index (χ0n) is 13.6. The van der Waals surface area contributed by atoms with Crippen LogP contribution in [-0.2, 0) is 9.47 Å². The second-order valence-electron chi connectivity index (χ2n) is 5.97. The van der Waals surface area contributed by atoms with E-state index in [2.05, 4.69) is 9.47 Å². The minimum atomic E-state index is -8.38. The number of epoxide rings is 1. The van der Waals surface area contributed by atoms with E-state index >= 15 is 0 Å². The molecule has 1 unspecified atom stereocenters. The first-order valence-corrected chi connectivity index (χ1v) is 7.14. The second kappa shape index (κ2) is 7.44. The third-order valence-electron chi connectivity index (χ3n) is 3.72. The lowest BCUT2D eigenvalue weighted by Crippen LogP contribution is -2.74. The molecule has 30 heavy (non-hydrogen) atoms. The molecule has 0 aliphatic carbocycles. The summed E-state index contributed by atoms with van der Waals surface area (Å²) >= 11 is 0. The van der Waals surface area contributed by atoms with Gasteiger partial charge >= 0.3 is 47.9 Å². The SMILES string of the molecule is FC(F)C(F)(F)C(F)(F)C(F)(F)C(F)(F)C(F)(F)C(F)(F)C(F)(F)COCC1CO1. The molecule has 1 atom stereocenters. The third kappa shape index (κ3) is 3.77. The van der Waals surface area contributed by atoms with Gasteiger partial charge in [-0.05, 0) is 0 Å². The zero-order chi connectivity index (χ0) is 24.2. The Morgan fingerprint density at radius 2 is 1.03 bits per heavy atom. The molecule has 0 aromatic heterocycles. The molecule has 18 heteroatoms. The lowest BCUT2D eigenvalue weighted by atomic mass is 9.89. The smallest absolute Gasteiger partial charge is 0.372 e. The second-order valence-corrected chi connectivity index (χ2v) is 5.97. The van der Waals surface area contributed by atoms with Crippen LogP contribution < -0.4 is 0 Å². The summed E-state index contributed by atoms with van der Waals surface area (Å²) < 4.78 is 216. The van der Waals surface area contributed by atoms with Crippen LogP contribution in [0.4, 0.5) is 70.2 Å². The van der Waals surface area contributed by atoms with Gasteiger partial charge in [-0.1, -0.05) is 0 Å². The summed E-state index contributed by atoms with van der Waals surface area (Å²) in [6.07, 6.45) is -6.82. The number of rotatable bonds is 11. The van der Waals surface area contributed by atoms with Crippen LogP contribution in [0.3, 0.4) is 0 Å². The number of ether oxygens (including phenoxy) is 2. The van der Waals surface area contributed by atoms with Crippen LogP contribution >= 0.6 is 0 Å². The van der Waals surface area contributed by atoms with Crippen LogP contribution in [0, 0.1) is 0 Å². The molecule has 0 aromatic carbocycles. The predicted molar refractivity (Wildman–Crippen MR) is 61.2 cm³/mol. The molecule has 1 heterocycles. The van der Waals surface area contributed by atoms with Gasteiger partial charge in [0.2, 0.25) is 0 Å². The highest BCUT2D eigenvalue weighted by Gasteiger charge is 2.93. The fraction of sp³-hybridized carbons (Fsp3) is 1.00. The van der Waals surface area contributed by atoms with Gasteiger partial charge in [-0.25, -0.2) is 8.78 Å². The fourth-order valence-electron chi connectivity index (χ4n) is 1.74. The van der Waals surface area contributed by atoms with E-state index in [-0.39, 0.29) is 6.61 Å². The molecule has 0 N–H and O–H groups in total. The van der Waals surface area contributed by atoms with Crippen LogP contribution in [0.1, 0.15) is 0 Å². The lowest BCUT2D eigenvalue weighted by Gasteiger charge is -2.42. The summed E-state index contributed by atoms with van der Waals surface area (Å²) in [5.41, 5.74) is 0. The van der Waals surface area contributed by atoms with E-state index in [1.165, 1.54) is 0 Å². The Morgan fingerprint density at radius 3 is 1.40 bits per heavy atom. The van der Waals surface area contributed by atoms with Crippen molar-refractivity contribution in [1.82, 2.24) is 0 Å². The van der Waals surface area contributed by atoms with Gasteiger partial charge in [-0.15, -0.1) is 0 Å². The Hall–Kier alpha value is -1.20. The van der Waals surface area contributed by atoms with Crippen molar-refractivity contribution in [2.75, 3.05) is 19.8 Å². The molecule has 1 rings (SSSR count). The largest absolute Gasteiger partial charge is 0.384 e. The van der Waals surface area contributed by atoms with E-state index in [0.29, 0.717) is 0 Å². The van der Waals surface area contributed by atoms with Crippen molar-refractivity contribution in [3.8, 4) is 0 Å². The van der Waals surface area contributed by atoms with Crippen molar-refractivity contribution >= 4 is 0 Å². The summed E-state index contributed by atoms with van der Waals surface area (Å²) in [4.78, 5) is 0. The monoisotopic (exact) mass is 488 g/mol. The lowest BCUT2D eigenvalue weighted by molar-refractivity contribution is -0.448. The predicted octanol–water partition coefficient (Wildman–Crippen LogP) is 5.11. The topological polar surface area (TPSA) is 21.8 Å². The molecule has 0 bridgehead atoms. The van der Waals surface area contributed by atoms with Crippen molar-refractivity contribution in [1.29, 1.82) is 0 Å². The summed E-state index contributed by atoms with van der Waals surface area (Å²) in [7, 11) is 0. The number of hydrogen-bond acceptors (Lipinski definition) is 2. The van der Waals surface area contributed by atoms with Gasteiger partial charge in [0, 0.05) is 0 Å². The molecular weight excluding hydrogens is 480 g/mol. The Morgan fingerprint density at radius 1 is 0.667 bits per heavy atom. The minimum absolute atomic E-state index is 0.157. The quantitative estimate of drug-likeness (QED) is 0.298. The molecule has 1 aliphatic heterocycles. The molecule has 0 amide bonds. The van der Waals surface area contributed by atoms with Gasteiger partial charge in [0.05, 0.1) is 13.2 Å². The summed E-state index contributed by atoms with van der Waals surface area (Å²) in [5.74, 6) is -54.5.